The van der Waals surface area contributed by atoms with Crippen molar-refractivity contribution in [3.05, 3.63) is 59.7 Å². The molecule has 0 aliphatic carbocycles. The molecule has 6 heteroatoms. The van der Waals surface area contributed by atoms with Crippen molar-refractivity contribution in [3.63, 3.8) is 0 Å². The average molecular weight is 411 g/mol. The van der Waals surface area contributed by atoms with E-state index in [2.05, 4.69) is 5.32 Å². The first kappa shape index (κ1) is 21.7. The lowest BCUT2D eigenvalue weighted by Gasteiger charge is -2.26. The molecule has 0 bridgehead atoms. The highest BCUT2D eigenvalue weighted by Gasteiger charge is 2.17. The second-order valence-corrected chi connectivity index (χ2v) is 7.45. The van der Waals surface area contributed by atoms with Crippen LogP contribution in [0.1, 0.15) is 48.0 Å². The summed E-state index contributed by atoms with van der Waals surface area (Å²) >= 11 is 0. The Kier molecular flexibility index (Phi) is 8.12. The van der Waals surface area contributed by atoms with Crippen LogP contribution in [0.3, 0.4) is 0 Å². The number of carbonyl (C=O) groups excluding carboxylic acids is 2. The van der Waals surface area contributed by atoms with Gasteiger partial charge < -0.3 is 19.7 Å². The largest absolute Gasteiger partial charge is 0.497 e. The Hall–Kier alpha value is -3.02. The third kappa shape index (κ3) is 6.51. The number of benzene rings is 2. The Morgan fingerprint density at radius 2 is 1.60 bits per heavy atom. The van der Waals surface area contributed by atoms with Gasteiger partial charge in [0, 0.05) is 31.6 Å². The maximum absolute atomic E-state index is 12.5. The van der Waals surface area contributed by atoms with E-state index in [9.17, 15) is 9.59 Å². The summed E-state index contributed by atoms with van der Waals surface area (Å²) in [7, 11) is 1.62. The first-order chi connectivity index (χ1) is 14.7. The maximum atomic E-state index is 12.5. The molecule has 2 amide bonds. The predicted octanol–water partition coefficient (Wildman–Crippen LogP) is 3.80. The lowest BCUT2D eigenvalue weighted by molar-refractivity contribution is -0.121. The van der Waals surface area contributed by atoms with E-state index in [0.29, 0.717) is 31.6 Å². The van der Waals surface area contributed by atoms with Crippen LogP contribution in [0.15, 0.2) is 48.5 Å². The van der Waals surface area contributed by atoms with Crippen LogP contribution in [0, 0.1) is 0 Å². The highest BCUT2D eigenvalue weighted by atomic mass is 16.5. The first-order valence-corrected chi connectivity index (χ1v) is 10.6. The van der Waals surface area contributed by atoms with Gasteiger partial charge in [-0.15, -0.1) is 0 Å². The van der Waals surface area contributed by atoms with E-state index in [1.807, 2.05) is 53.4 Å². The van der Waals surface area contributed by atoms with Gasteiger partial charge in [-0.05, 0) is 67.6 Å². The SMILES string of the molecule is COc1ccc(OCCCC(=O)NCc2ccc(C(=O)N3CCCCC3)cc2)cc1. The van der Waals surface area contributed by atoms with Gasteiger partial charge >= 0.3 is 0 Å². The van der Waals surface area contributed by atoms with Gasteiger partial charge in [0.05, 0.1) is 13.7 Å². The molecule has 0 unspecified atom stereocenters. The molecule has 1 aliphatic heterocycles. The van der Waals surface area contributed by atoms with Crippen LogP contribution in [-0.4, -0.2) is 43.5 Å². The van der Waals surface area contributed by atoms with Gasteiger partial charge in [-0.1, -0.05) is 12.1 Å². The number of methoxy groups -OCH3 is 1. The standard InChI is InChI=1S/C24H30N2O4/c1-29-21-11-13-22(14-12-21)30-17-5-6-23(27)25-18-19-7-9-20(10-8-19)24(28)26-15-3-2-4-16-26/h7-14H,2-6,15-18H2,1H3,(H,25,27). The fourth-order valence-corrected chi connectivity index (χ4v) is 3.43. The number of nitrogens with one attached hydrogen (secondary N) is 1. The quantitative estimate of drug-likeness (QED) is 0.639. The van der Waals surface area contributed by atoms with Crippen molar-refractivity contribution in [2.45, 2.75) is 38.6 Å². The average Bonchev–Trinajstić information content (AvgIpc) is 2.81. The smallest absolute Gasteiger partial charge is 0.253 e. The predicted molar refractivity (Wildman–Crippen MR) is 116 cm³/mol. The summed E-state index contributed by atoms with van der Waals surface area (Å²) in [4.78, 5) is 26.5. The van der Waals surface area contributed by atoms with Gasteiger partial charge in [0.2, 0.25) is 5.91 Å². The number of likely N-dealkylation sites (tertiary alicyclic amines) is 1. The normalized spacial score (nSPS) is 13.6. The number of rotatable bonds is 9. The number of hydrogen-bond acceptors (Lipinski definition) is 4. The van der Waals surface area contributed by atoms with E-state index in [4.69, 9.17) is 9.47 Å². The van der Waals surface area contributed by atoms with Crippen LogP contribution in [0.25, 0.3) is 0 Å². The fraction of sp³-hybridized carbons (Fsp3) is 0.417. The number of piperidine rings is 1. The van der Waals surface area contributed by atoms with Crippen LogP contribution >= 0.6 is 0 Å². The molecule has 1 saturated heterocycles. The number of hydrogen-bond donors (Lipinski definition) is 1. The first-order valence-electron chi connectivity index (χ1n) is 10.6. The van der Waals surface area contributed by atoms with Crippen LogP contribution in [0.2, 0.25) is 0 Å². The molecule has 0 aromatic heterocycles. The maximum Gasteiger partial charge on any atom is 0.253 e. The second-order valence-electron chi connectivity index (χ2n) is 7.45. The zero-order chi connectivity index (χ0) is 21.2. The molecule has 0 radical (unpaired) electrons. The van der Waals surface area contributed by atoms with Crippen molar-refractivity contribution in [1.29, 1.82) is 0 Å². The molecule has 1 fully saturated rings. The molecular formula is C24H30N2O4. The van der Waals surface area contributed by atoms with Crippen LogP contribution in [-0.2, 0) is 11.3 Å². The van der Waals surface area contributed by atoms with Crippen molar-refractivity contribution in [1.82, 2.24) is 10.2 Å². The highest BCUT2D eigenvalue weighted by Crippen LogP contribution is 2.17. The molecule has 1 heterocycles. The minimum absolute atomic E-state index is 0.0122. The lowest BCUT2D eigenvalue weighted by Crippen LogP contribution is -2.35. The van der Waals surface area contributed by atoms with Gasteiger partial charge in [-0.3, -0.25) is 9.59 Å². The Morgan fingerprint density at radius 1 is 0.933 bits per heavy atom. The summed E-state index contributed by atoms with van der Waals surface area (Å²) in [6, 6.07) is 14.9. The molecule has 30 heavy (non-hydrogen) atoms. The van der Waals surface area contributed by atoms with E-state index in [1.54, 1.807) is 7.11 Å². The van der Waals surface area contributed by atoms with E-state index >= 15 is 0 Å². The van der Waals surface area contributed by atoms with Crippen molar-refractivity contribution in [3.8, 4) is 11.5 Å². The summed E-state index contributed by atoms with van der Waals surface area (Å²) in [5, 5.41) is 2.92. The summed E-state index contributed by atoms with van der Waals surface area (Å²) in [6.45, 7) is 2.63. The highest BCUT2D eigenvalue weighted by molar-refractivity contribution is 5.94. The number of ether oxygens (including phenoxy) is 2. The van der Waals surface area contributed by atoms with Crippen LogP contribution in [0.5, 0.6) is 11.5 Å². The molecule has 0 saturated carbocycles. The van der Waals surface area contributed by atoms with E-state index in [0.717, 1.165) is 43.0 Å². The zero-order valence-corrected chi connectivity index (χ0v) is 17.6. The topological polar surface area (TPSA) is 67.9 Å². The van der Waals surface area contributed by atoms with Gasteiger partial charge in [-0.25, -0.2) is 0 Å². The fourth-order valence-electron chi connectivity index (χ4n) is 3.43. The van der Waals surface area contributed by atoms with E-state index in [-0.39, 0.29) is 11.8 Å². The van der Waals surface area contributed by atoms with Crippen molar-refractivity contribution in [2.24, 2.45) is 0 Å². The van der Waals surface area contributed by atoms with Gasteiger partial charge in [0.15, 0.2) is 0 Å². The minimum atomic E-state index is -0.0122. The molecule has 6 nitrogen and oxygen atoms in total. The molecule has 1 aliphatic rings. The van der Waals surface area contributed by atoms with Gasteiger partial charge in [-0.2, -0.15) is 0 Å². The lowest BCUT2D eigenvalue weighted by atomic mass is 10.1. The minimum Gasteiger partial charge on any atom is -0.497 e. The summed E-state index contributed by atoms with van der Waals surface area (Å²) in [6.07, 6.45) is 4.42. The van der Waals surface area contributed by atoms with Crippen LogP contribution in [0.4, 0.5) is 0 Å². The van der Waals surface area contributed by atoms with Gasteiger partial charge in [0.25, 0.3) is 5.91 Å². The molecule has 1 N–H and O–H groups in total. The van der Waals surface area contributed by atoms with E-state index in [1.165, 1.54) is 6.42 Å². The molecule has 3 rings (SSSR count). The molecule has 0 spiro atoms. The third-order valence-corrected chi connectivity index (χ3v) is 5.21. The Labute approximate surface area is 178 Å². The number of carbonyl (C=O) groups is 2. The zero-order valence-electron chi connectivity index (χ0n) is 17.6. The monoisotopic (exact) mass is 410 g/mol. The molecule has 160 valence electrons. The van der Waals surface area contributed by atoms with Gasteiger partial charge in [0.1, 0.15) is 11.5 Å². The van der Waals surface area contributed by atoms with Crippen molar-refractivity contribution < 1.29 is 19.1 Å². The molecule has 2 aromatic carbocycles. The summed E-state index contributed by atoms with van der Waals surface area (Å²) in [5.41, 5.74) is 1.69. The number of nitrogens with zero attached hydrogens (tertiary/aromatic N) is 1. The van der Waals surface area contributed by atoms with Crippen molar-refractivity contribution >= 4 is 11.8 Å². The Balaban J connectivity index is 1.34. The summed E-state index contributed by atoms with van der Waals surface area (Å²) < 4.78 is 10.7. The van der Waals surface area contributed by atoms with Crippen molar-refractivity contribution in [2.75, 3.05) is 26.8 Å². The molecule has 2 aromatic rings. The Bertz CT molecular complexity index is 812. The van der Waals surface area contributed by atoms with Crippen LogP contribution < -0.4 is 14.8 Å². The summed E-state index contributed by atoms with van der Waals surface area (Å²) in [5.74, 6) is 1.63. The second kappa shape index (κ2) is 11.2. The number of amides is 2. The van der Waals surface area contributed by atoms with E-state index < -0.39 is 0 Å². The molecule has 0 atom stereocenters. The third-order valence-electron chi connectivity index (χ3n) is 5.21. The molecular weight excluding hydrogens is 380 g/mol. The Morgan fingerprint density at radius 3 is 2.27 bits per heavy atom.